The SMILES string of the molecule is Cc1ccc(N(C)CC2CC2C)c(/C(N)=N/O)c1. The third-order valence-electron chi connectivity index (χ3n) is 3.73. The summed E-state index contributed by atoms with van der Waals surface area (Å²) in [6.45, 7) is 5.30. The highest BCUT2D eigenvalue weighted by Gasteiger charge is 2.33. The van der Waals surface area contributed by atoms with Crippen LogP contribution in [0.15, 0.2) is 23.4 Å². The van der Waals surface area contributed by atoms with Crippen LogP contribution in [0.2, 0.25) is 0 Å². The zero-order valence-corrected chi connectivity index (χ0v) is 11.2. The van der Waals surface area contributed by atoms with E-state index in [4.69, 9.17) is 10.9 Å². The van der Waals surface area contributed by atoms with Gasteiger partial charge in [-0.25, -0.2) is 0 Å². The zero-order chi connectivity index (χ0) is 13.3. The number of benzene rings is 1. The second-order valence-corrected chi connectivity index (χ2v) is 5.36. The van der Waals surface area contributed by atoms with Gasteiger partial charge in [-0.2, -0.15) is 0 Å². The number of hydrogen-bond acceptors (Lipinski definition) is 3. The molecule has 0 radical (unpaired) electrons. The van der Waals surface area contributed by atoms with Gasteiger partial charge in [-0.1, -0.05) is 23.7 Å². The van der Waals surface area contributed by atoms with Crippen LogP contribution >= 0.6 is 0 Å². The first-order valence-corrected chi connectivity index (χ1v) is 6.32. The molecule has 1 aromatic carbocycles. The van der Waals surface area contributed by atoms with Gasteiger partial charge in [-0.05, 0) is 37.3 Å². The molecule has 1 saturated carbocycles. The molecule has 1 aromatic rings. The summed E-state index contributed by atoms with van der Waals surface area (Å²) in [6.07, 6.45) is 1.30. The molecule has 4 heteroatoms. The largest absolute Gasteiger partial charge is 0.409 e. The van der Waals surface area contributed by atoms with Crippen molar-refractivity contribution in [1.82, 2.24) is 0 Å². The molecule has 18 heavy (non-hydrogen) atoms. The Hall–Kier alpha value is -1.71. The summed E-state index contributed by atoms with van der Waals surface area (Å²) < 4.78 is 0. The van der Waals surface area contributed by atoms with Gasteiger partial charge in [0.2, 0.25) is 0 Å². The molecule has 1 aliphatic rings. The van der Waals surface area contributed by atoms with Gasteiger partial charge in [0.15, 0.2) is 5.84 Å². The molecule has 3 N–H and O–H groups in total. The Balaban J connectivity index is 2.25. The molecule has 2 unspecified atom stereocenters. The molecule has 0 saturated heterocycles. The van der Waals surface area contributed by atoms with Crippen LogP contribution in [0.4, 0.5) is 5.69 Å². The van der Waals surface area contributed by atoms with Gasteiger partial charge in [-0.15, -0.1) is 0 Å². The standard InChI is InChI=1S/C14H21N3O/c1-9-4-5-13(12(6-9)14(15)16-18)17(3)8-11-7-10(11)2/h4-6,10-11,18H,7-8H2,1-3H3,(H2,15,16). The number of nitrogens with two attached hydrogens (primary N) is 1. The van der Waals surface area contributed by atoms with E-state index >= 15 is 0 Å². The van der Waals surface area contributed by atoms with Gasteiger partial charge >= 0.3 is 0 Å². The second kappa shape index (κ2) is 4.88. The van der Waals surface area contributed by atoms with Gasteiger partial charge in [-0.3, -0.25) is 0 Å². The fourth-order valence-corrected chi connectivity index (χ4v) is 2.35. The Bertz CT molecular complexity index is 470. The van der Waals surface area contributed by atoms with Crippen LogP contribution in [-0.2, 0) is 0 Å². The van der Waals surface area contributed by atoms with Crippen molar-refractivity contribution in [3.63, 3.8) is 0 Å². The molecule has 2 rings (SSSR count). The van der Waals surface area contributed by atoms with Crippen molar-refractivity contribution in [1.29, 1.82) is 0 Å². The fraction of sp³-hybridized carbons (Fsp3) is 0.500. The lowest BCUT2D eigenvalue weighted by Crippen LogP contribution is -2.25. The Morgan fingerprint density at radius 1 is 1.56 bits per heavy atom. The Morgan fingerprint density at radius 3 is 2.78 bits per heavy atom. The summed E-state index contributed by atoms with van der Waals surface area (Å²) in [5.41, 5.74) is 8.68. The fourth-order valence-electron chi connectivity index (χ4n) is 2.35. The van der Waals surface area contributed by atoms with E-state index in [1.54, 1.807) is 0 Å². The molecule has 98 valence electrons. The first kappa shape index (κ1) is 12.7. The van der Waals surface area contributed by atoms with Gasteiger partial charge in [0, 0.05) is 24.8 Å². The Labute approximate surface area is 108 Å². The van der Waals surface area contributed by atoms with Crippen molar-refractivity contribution in [2.24, 2.45) is 22.7 Å². The predicted octanol–water partition coefficient (Wildman–Crippen LogP) is 2.18. The number of aryl methyl sites for hydroxylation is 1. The third kappa shape index (κ3) is 2.58. The topological polar surface area (TPSA) is 61.8 Å². The first-order valence-electron chi connectivity index (χ1n) is 6.32. The van der Waals surface area contributed by atoms with Crippen LogP contribution in [0.1, 0.15) is 24.5 Å². The van der Waals surface area contributed by atoms with Crippen LogP contribution in [-0.4, -0.2) is 24.6 Å². The summed E-state index contributed by atoms with van der Waals surface area (Å²) in [6, 6.07) is 6.04. The molecular formula is C14H21N3O. The van der Waals surface area contributed by atoms with E-state index in [2.05, 4.69) is 30.1 Å². The van der Waals surface area contributed by atoms with Crippen molar-refractivity contribution in [2.45, 2.75) is 20.3 Å². The molecule has 0 aromatic heterocycles. The summed E-state index contributed by atoms with van der Waals surface area (Å²) >= 11 is 0. The Morgan fingerprint density at radius 2 is 2.22 bits per heavy atom. The number of oxime groups is 1. The summed E-state index contributed by atoms with van der Waals surface area (Å²) in [7, 11) is 2.06. The highest BCUT2D eigenvalue weighted by molar-refractivity contribution is 6.02. The van der Waals surface area contributed by atoms with Crippen LogP contribution in [0.3, 0.4) is 0 Å². The smallest absolute Gasteiger partial charge is 0.172 e. The monoisotopic (exact) mass is 247 g/mol. The molecule has 2 atom stereocenters. The highest BCUT2D eigenvalue weighted by Crippen LogP contribution is 2.39. The lowest BCUT2D eigenvalue weighted by Gasteiger charge is -2.22. The van der Waals surface area contributed by atoms with Crippen LogP contribution in [0.25, 0.3) is 0 Å². The van der Waals surface area contributed by atoms with E-state index in [0.29, 0.717) is 0 Å². The summed E-state index contributed by atoms with van der Waals surface area (Å²) in [5, 5.41) is 12.0. The molecule has 0 aliphatic heterocycles. The van der Waals surface area contributed by atoms with Crippen LogP contribution in [0, 0.1) is 18.8 Å². The molecule has 0 bridgehead atoms. The lowest BCUT2D eigenvalue weighted by molar-refractivity contribution is 0.318. The molecule has 0 amide bonds. The van der Waals surface area contributed by atoms with E-state index < -0.39 is 0 Å². The third-order valence-corrected chi connectivity index (χ3v) is 3.73. The second-order valence-electron chi connectivity index (χ2n) is 5.36. The normalized spacial score (nSPS) is 22.9. The predicted molar refractivity (Wildman–Crippen MR) is 74.2 cm³/mol. The lowest BCUT2D eigenvalue weighted by atomic mass is 10.1. The maximum absolute atomic E-state index is 8.87. The zero-order valence-electron chi connectivity index (χ0n) is 11.2. The number of amidine groups is 1. The van der Waals surface area contributed by atoms with Crippen molar-refractivity contribution >= 4 is 11.5 Å². The minimum Gasteiger partial charge on any atom is -0.409 e. The highest BCUT2D eigenvalue weighted by atomic mass is 16.4. The van der Waals surface area contributed by atoms with Crippen LogP contribution in [0.5, 0.6) is 0 Å². The summed E-state index contributed by atoms with van der Waals surface area (Å²) in [5.74, 6) is 1.77. The van der Waals surface area contributed by atoms with Gasteiger partial charge in [0.1, 0.15) is 0 Å². The number of hydrogen-bond donors (Lipinski definition) is 2. The first-order chi connectivity index (χ1) is 8.52. The average Bonchev–Trinajstić information content (AvgIpc) is 3.03. The molecule has 0 spiro atoms. The van der Waals surface area contributed by atoms with Crippen LogP contribution < -0.4 is 10.6 Å². The maximum Gasteiger partial charge on any atom is 0.172 e. The van der Waals surface area contributed by atoms with Crippen molar-refractivity contribution in [3.8, 4) is 0 Å². The van der Waals surface area contributed by atoms with E-state index in [1.807, 2.05) is 19.1 Å². The van der Waals surface area contributed by atoms with Gasteiger partial charge < -0.3 is 15.8 Å². The van der Waals surface area contributed by atoms with Crippen molar-refractivity contribution in [3.05, 3.63) is 29.3 Å². The number of rotatable bonds is 4. The van der Waals surface area contributed by atoms with Gasteiger partial charge in [0.25, 0.3) is 0 Å². The molecule has 4 nitrogen and oxygen atoms in total. The minimum atomic E-state index is 0.171. The van der Waals surface area contributed by atoms with Crippen molar-refractivity contribution in [2.75, 3.05) is 18.5 Å². The van der Waals surface area contributed by atoms with E-state index in [1.165, 1.54) is 6.42 Å². The quantitative estimate of drug-likeness (QED) is 0.371. The van der Waals surface area contributed by atoms with E-state index in [9.17, 15) is 0 Å². The number of anilines is 1. The van der Waals surface area contributed by atoms with Gasteiger partial charge in [0.05, 0.1) is 0 Å². The molecular weight excluding hydrogens is 226 g/mol. The molecule has 1 fully saturated rings. The van der Waals surface area contributed by atoms with E-state index in [0.717, 1.165) is 35.2 Å². The minimum absolute atomic E-state index is 0.171. The average molecular weight is 247 g/mol. The van der Waals surface area contributed by atoms with Crippen molar-refractivity contribution < 1.29 is 5.21 Å². The molecule has 1 aliphatic carbocycles. The number of nitrogens with zero attached hydrogens (tertiary/aromatic N) is 2. The van der Waals surface area contributed by atoms with E-state index in [-0.39, 0.29) is 5.84 Å². The maximum atomic E-state index is 8.87. The summed E-state index contributed by atoms with van der Waals surface area (Å²) in [4.78, 5) is 2.20. The Kier molecular flexibility index (Phi) is 3.45. The molecule has 0 heterocycles.